The topological polar surface area (TPSA) is 45.7 Å². The van der Waals surface area contributed by atoms with Crippen molar-refractivity contribution in [3.63, 3.8) is 0 Å². The van der Waals surface area contributed by atoms with Gasteiger partial charge in [-0.2, -0.15) is 0 Å². The van der Waals surface area contributed by atoms with E-state index in [-0.39, 0.29) is 5.91 Å². The van der Waals surface area contributed by atoms with E-state index in [1.54, 1.807) is 13.3 Å². The van der Waals surface area contributed by atoms with E-state index in [4.69, 9.17) is 4.74 Å². The molecule has 2 aromatic rings. The molecule has 24 heavy (non-hydrogen) atoms. The van der Waals surface area contributed by atoms with E-state index < -0.39 is 0 Å². The molecule has 3 rings (SSSR count). The largest absolute Gasteiger partial charge is 0.495 e. The van der Waals surface area contributed by atoms with Crippen LogP contribution in [0.4, 0.5) is 5.69 Å². The third-order valence-corrected chi connectivity index (χ3v) is 4.68. The van der Waals surface area contributed by atoms with Crippen LogP contribution < -0.4 is 9.64 Å². The highest BCUT2D eigenvalue weighted by atomic mass is 16.5. The molecule has 1 aromatic heterocycles. The van der Waals surface area contributed by atoms with Gasteiger partial charge in [0.05, 0.1) is 12.8 Å². The van der Waals surface area contributed by atoms with Crippen molar-refractivity contribution in [2.75, 3.05) is 38.2 Å². The maximum atomic E-state index is 12.8. The summed E-state index contributed by atoms with van der Waals surface area (Å²) in [4.78, 5) is 21.2. The second-order valence-corrected chi connectivity index (χ2v) is 6.02. The number of benzene rings is 1. The lowest BCUT2D eigenvalue weighted by atomic mass is 10.1. The van der Waals surface area contributed by atoms with Crippen molar-refractivity contribution in [1.29, 1.82) is 0 Å². The lowest BCUT2D eigenvalue weighted by Gasteiger charge is -2.36. The Bertz CT molecular complexity index is 737. The number of hydrogen-bond donors (Lipinski definition) is 0. The van der Waals surface area contributed by atoms with Crippen LogP contribution >= 0.6 is 0 Å². The van der Waals surface area contributed by atoms with Crippen molar-refractivity contribution in [2.45, 2.75) is 13.8 Å². The average Bonchev–Trinajstić information content (AvgIpc) is 2.63. The lowest BCUT2D eigenvalue weighted by molar-refractivity contribution is 0.0745. The summed E-state index contributed by atoms with van der Waals surface area (Å²) in [5.41, 5.74) is 3.72. The number of ether oxygens (including phenoxy) is 1. The molecule has 0 spiro atoms. The van der Waals surface area contributed by atoms with Gasteiger partial charge in [0.2, 0.25) is 0 Å². The Morgan fingerprint density at radius 2 is 1.79 bits per heavy atom. The van der Waals surface area contributed by atoms with E-state index in [1.165, 1.54) is 0 Å². The predicted octanol–water partition coefficient (Wildman–Crippen LogP) is 2.67. The summed E-state index contributed by atoms with van der Waals surface area (Å²) in [6.45, 7) is 6.91. The minimum Gasteiger partial charge on any atom is -0.495 e. The molecule has 1 fully saturated rings. The standard InChI is InChI=1S/C19H23N3O2/c1-14-15(2)20-9-8-16(14)19(23)22-12-10-21(11-13-22)17-6-4-5-7-18(17)24-3/h4-9H,10-13H2,1-3H3. The van der Waals surface area contributed by atoms with Crippen molar-refractivity contribution < 1.29 is 9.53 Å². The van der Waals surface area contributed by atoms with Crippen LogP contribution in [0.2, 0.25) is 0 Å². The first kappa shape index (κ1) is 16.3. The molecule has 5 heteroatoms. The summed E-state index contributed by atoms with van der Waals surface area (Å²) in [5, 5.41) is 0. The van der Waals surface area contributed by atoms with Crippen molar-refractivity contribution in [1.82, 2.24) is 9.88 Å². The Morgan fingerprint density at radius 1 is 1.08 bits per heavy atom. The highest BCUT2D eigenvalue weighted by Crippen LogP contribution is 2.28. The van der Waals surface area contributed by atoms with E-state index in [9.17, 15) is 4.79 Å². The zero-order chi connectivity index (χ0) is 17.1. The zero-order valence-corrected chi connectivity index (χ0v) is 14.5. The van der Waals surface area contributed by atoms with Crippen LogP contribution in [-0.2, 0) is 0 Å². The summed E-state index contributed by atoms with van der Waals surface area (Å²) >= 11 is 0. The second-order valence-electron chi connectivity index (χ2n) is 6.02. The summed E-state index contributed by atoms with van der Waals surface area (Å²) in [6, 6.07) is 9.83. The maximum Gasteiger partial charge on any atom is 0.254 e. The van der Waals surface area contributed by atoms with Gasteiger partial charge in [-0.15, -0.1) is 0 Å². The predicted molar refractivity (Wildman–Crippen MR) is 94.8 cm³/mol. The van der Waals surface area contributed by atoms with Gasteiger partial charge in [0.25, 0.3) is 5.91 Å². The molecule has 0 saturated carbocycles. The highest BCUT2D eigenvalue weighted by molar-refractivity contribution is 5.95. The van der Waals surface area contributed by atoms with Gasteiger partial charge in [-0.1, -0.05) is 12.1 Å². The van der Waals surface area contributed by atoms with Gasteiger partial charge < -0.3 is 14.5 Å². The molecule has 0 N–H and O–H groups in total. The van der Waals surface area contributed by atoms with E-state index in [2.05, 4.69) is 16.0 Å². The molecule has 0 bridgehead atoms. The Balaban J connectivity index is 1.71. The fourth-order valence-corrected chi connectivity index (χ4v) is 3.08. The van der Waals surface area contributed by atoms with Gasteiger partial charge >= 0.3 is 0 Å². The van der Waals surface area contributed by atoms with E-state index in [0.29, 0.717) is 13.1 Å². The summed E-state index contributed by atoms with van der Waals surface area (Å²) < 4.78 is 5.44. The molecular weight excluding hydrogens is 302 g/mol. The molecule has 5 nitrogen and oxygen atoms in total. The van der Waals surface area contributed by atoms with Gasteiger partial charge in [-0.3, -0.25) is 9.78 Å². The first-order valence-corrected chi connectivity index (χ1v) is 8.21. The van der Waals surface area contributed by atoms with Crippen molar-refractivity contribution in [2.24, 2.45) is 0 Å². The van der Waals surface area contributed by atoms with Crippen molar-refractivity contribution >= 4 is 11.6 Å². The third-order valence-electron chi connectivity index (χ3n) is 4.68. The molecule has 1 aliphatic heterocycles. The number of methoxy groups -OCH3 is 1. The number of aromatic nitrogens is 1. The molecule has 0 aliphatic carbocycles. The number of piperazine rings is 1. The monoisotopic (exact) mass is 325 g/mol. The third kappa shape index (κ3) is 3.07. The molecule has 1 amide bonds. The maximum absolute atomic E-state index is 12.8. The van der Waals surface area contributed by atoms with Gasteiger partial charge in [0.1, 0.15) is 5.75 Å². The van der Waals surface area contributed by atoms with Crippen LogP contribution in [0, 0.1) is 13.8 Å². The molecular formula is C19H23N3O2. The number of carbonyl (C=O) groups is 1. The SMILES string of the molecule is COc1ccccc1N1CCN(C(=O)c2ccnc(C)c2C)CC1. The number of para-hydroxylation sites is 2. The molecule has 1 saturated heterocycles. The van der Waals surface area contributed by atoms with Gasteiger partial charge in [0, 0.05) is 43.6 Å². The fourth-order valence-electron chi connectivity index (χ4n) is 3.08. The number of amides is 1. The normalized spacial score (nSPS) is 14.6. The minimum absolute atomic E-state index is 0.0951. The fraction of sp³-hybridized carbons (Fsp3) is 0.368. The number of anilines is 1. The minimum atomic E-state index is 0.0951. The van der Waals surface area contributed by atoms with Gasteiger partial charge in [-0.25, -0.2) is 0 Å². The number of nitrogens with zero attached hydrogens (tertiary/aromatic N) is 3. The quantitative estimate of drug-likeness (QED) is 0.870. The van der Waals surface area contributed by atoms with Crippen LogP contribution in [0.3, 0.4) is 0 Å². The molecule has 0 radical (unpaired) electrons. The zero-order valence-electron chi connectivity index (χ0n) is 14.5. The first-order chi connectivity index (χ1) is 11.6. The van der Waals surface area contributed by atoms with Gasteiger partial charge in [-0.05, 0) is 37.6 Å². The second kappa shape index (κ2) is 6.91. The summed E-state index contributed by atoms with van der Waals surface area (Å²) in [5.74, 6) is 0.968. The Morgan fingerprint density at radius 3 is 2.50 bits per heavy atom. The van der Waals surface area contributed by atoms with Gasteiger partial charge in [0.15, 0.2) is 0 Å². The number of aryl methyl sites for hydroxylation is 1. The molecule has 126 valence electrons. The number of pyridine rings is 1. The Hall–Kier alpha value is -2.56. The molecule has 0 unspecified atom stereocenters. The number of hydrogen-bond acceptors (Lipinski definition) is 4. The summed E-state index contributed by atoms with van der Waals surface area (Å²) in [7, 11) is 1.69. The van der Waals surface area contributed by atoms with Crippen LogP contribution in [0.25, 0.3) is 0 Å². The van der Waals surface area contributed by atoms with Crippen LogP contribution in [0.15, 0.2) is 36.5 Å². The van der Waals surface area contributed by atoms with E-state index in [1.807, 2.05) is 43.0 Å². The van der Waals surface area contributed by atoms with E-state index >= 15 is 0 Å². The number of carbonyl (C=O) groups excluding carboxylic acids is 1. The number of rotatable bonds is 3. The van der Waals surface area contributed by atoms with Crippen LogP contribution in [0.5, 0.6) is 5.75 Å². The van der Waals surface area contributed by atoms with Crippen molar-refractivity contribution in [3.05, 3.63) is 53.3 Å². The molecule has 2 heterocycles. The molecule has 1 aliphatic rings. The summed E-state index contributed by atoms with van der Waals surface area (Å²) in [6.07, 6.45) is 1.71. The first-order valence-electron chi connectivity index (χ1n) is 8.21. The van der Waals surface area contributed by atoms with Crippen molar-refractivity contribution in [3.8, 4) is 5.75 Å². The van der Waals surface area contributed by atoms with Crippen LogP contribution in [0.1, 0.15) is 21.6 Å². The van der Waals surface area contributed by atoms with E-state index in [0.717, 1.165) is 41.3 Å². The molecule has 0 atom stereocenters. The Kier molecular flexibility index (Phi) is 4.69. The Labute approximate surface area is 142 Å². The smallest absolute Gasteiger partial charge is 0.254 e. The lowest BCUT2D eigenvalue weighted by Crippen LogP contribution is -2.49. The van der Waals surface area contributed by atoms with Crippen LogP contribution in [-0.4, -0.2) is 49.1 Å². The highest BCUT2D eigenvalue weighted by Gasteiger charge is 2.24. The molecule has 1 aromatic carbocycles. The average molecular weight is 325 g/mol.